The van der Waals surface area contributed by atoms with E-state index in [4.69, 9.17) is 5.73 Å². The average molecular weight is 342 g/mol. The second kappa shape index (κ2) is 7.51. The van der Waals surface area contributed by atoms with Gasteiger partial charge in [-0.15, -0.1) is 0 Å². The van der Waals surface area contributed by atoms with Crippen molar-refractivity contribution in [2.45, 2.75) is 25.7 Å². The topological polar surface area (TPSA) is 71.1 Å². The van der Waals surface area contributed by atoms with Crippen molar-refractivity contribution in [3.8, 4) is 0 Å². The fraction of sp³-hybridized carbons (Fsp3) is 0.625. The first-order valence-electron chi connectivity index (χ1n) is 8.42. The van der Waals surface area contributed by atoms with Crippen LogP contribution in [0.2, 0.25) is 0 Å². The molecule has 0 saturated carbocycles. The van der Waals surface area contributed by atoms with Crippen LogP contribution in [0, 0.1) is 0 Å². The van der Waals surface area contributed by atoms with E-state index in [0.717, 1.165) is 38.4 Å². The molecule has 3 N–H and O–H groups in total. The summed E-state index contributed by atoms with van der Waals surface area (Å²) in [7, 11) is -3.45. The van der Waals surface area contributed by atoms with E-state index in [1.165, 1.54) is 4.31 Å². The van der Waals surface area contributed by atoms with Crippen LogP contribution in [0.1, 0.15) is 20.8 Å². The first kappa shape index (κ1) is 18.0. The maximum atomic E-state index is 12.6. The summed E-state index contributed by atoms with van der Waals surface area (Å²) >= 11 is 0. The van der Waals surface area contributed by atoms with Crippen LogP contribution in [0.25, 0.3) is 0 Å². The van der Waals surface area contributed by atoms with E-state index in [1.807, 2.05) is 19.9 Å². The summed E-state index contributed by atoms with van der Waals surface area (Å²) < 4.78 is 26.6. The second-order valence-corrected chi connectivity index (χ2v) is 7.84. The van der Waals surface area contributed by atoms with Crippen molar-refractivity contribution >= 4 is 21.4 Å². The van der Waals surface area contributed by atoms with Gasteiger partial charge in [0.05, 0.1) is 49.0 Å². The minimum absolute atomic E-state index is 0.278. The Labute approximate surface area is 139 Å². The van der Waals surface area contributed by atoms with Gasteiger partial charge in [-0.05, 0) is 25.1 Å². The number of nitrogens with zero attached hydrogens (tertiary/aromatic N) is 2. The molecule has 23 heavy (non-hydrogen) atoms. The highest BCUT2D eigenvalue weighted by Gasteiger charge is 2.24. The van der Waals surface area contributed by atoms with E-state index in [-0.39, 0.29) is 4.90 Å². The highest BCUT2D eigenvalue weighted by molar-refractivity contribution is 7.89. The van der Waals surface area contributed by atoms with Crippen LogP contribution in [0.4, 0.5) is 11.4 Å². The van der Waals surface area contributed by atoms with Crippen molar-refractivity contribution in [1.29, 1.82) is 0 Å². The van der Waals surface area contributed by atoms with E-state index < -0.39 is 10.0 Å². The number of quaternary nitrogens is 1. The lowest BCUT2D eigenvalue weighted by atomic mass is 10.2. The molecule has 1 saturated heterocycles. The lowest BCUT2D eigenvalue weighted by Crippen LogP contribution is -3.14. The summed E-state index contributed by atoms with van der Waals surface area (Å²) in [6, 6.07) is 5.13. The third kappa shape index (κ3) is 3.79. The number of hydrogen-bond acceptors (Lipinski definition) is 4. The Morgan fingerprint density at radius 1 is 1.17 bits per heavy atom. The molecule has 0 amide bonds. The third-order valence-corrected chi connectivity index (χ3v) is 6.70. The Kier molecular flexibility index (Phi) is 5.89. The van der Waals surface area contributed by atoms with E-state index in [0.29, 0.717) is 18.8 Å². The largest absolute Gasteiger partial charge is 0.397 e. The molecular weight excluding hydrogens is 312 g/mol. The number of rotatable bonds is 6. The molecule has 0 aliphatic carbocycles. The molecular formula is C16H29N4O2S+. The fourth-order valence-corrected chi connectivity index (χ4v) is 4.60. The number of piperazine rings is 1. The van der Waals surface area contributed by atoms with E-state index in [1.54, 1.807) is 17.0 Å². The Bertz CT molecular complexity index is 621. The molecule has 1 aliphatic rings. The maximum Gasteiger partial charge on any atom is 0.243 e. The van der Waals surface area contributed by atoms with E-state index in [9.17, 15) is 8.42 Å². The van der Waals surface area contributed by atoms with Crippen molar-refractivity contribution < 1.29 is 13.3 Å². The summed E-state index contributed by atoms with van der Waals surface area (Å²) in [6.45, 7) is 12.0. The summed E-state index contributed by atoms with van der Waals surface area (Å²) in [5.74, 6) is 0. The molecule has 7 heteroatoms. The number of anilines is 2. The number of sulfonamides is 1. The van der Waals surface area contributed by atoms with Gasteiger partial charge in [-0.3, -0.25) is 0 Å². The molecule has 1 heterocycles. The Balaban J connectivity index is 2.22. The van der Waals surface area contributed by atoms with Crippen molar-refractivity contribution in [1.82, 2.24) is 4.31 Å². The Morgan fingerprint density at radius 3 is 2.26 bits per heavy atom. The summed E-state index contributed by atoms with van der Waals surface area (Å²) in [5, 5.41) is 0. The van der Waals surface area contributed by atoms with Crippen LogP contribution in [0.3, 0.4) is 0 Å². The molecule has 1 aromatic rings. The summed E-state index contributed by atoms with van der Waals surface area (Å²) in [5.41, 5.74) is 7.65. The van der Waals surface area contributed by atoms with Gasteiger partial charge in [-0.1, -0.05) is 13.8 Å². The number of benzene rings is 1. The van der Waals surface area contributed by atoms with Crippen LogP contribution in [-0.4, -0.2) is 58.5 Å². The lowest BCUT2D eigenvalue weighted by Gasteiger charge is -2.34. The predicted molar refractivity (Wildman–Crippen MR) is 94.4 cm³/mol. The fourth-order valence-electron chi connectivity index (χ4n) is 3.11. The van der Waals surface area contributed by atoms with E-state index in [2.05, 4.69) is 11.8 Å². The molecule has 0 radical (unpaired) electrons. The lowest BCUT2D eigenvalue weighted by molar-refractivity contribution is -0.898. The molecule has 0 bridgehead atoms. The molecule has 0 unspecified atom stereocenters. The van der Waals surface area contributed by atoms with Gasteiger partial charge >= 0.3 is 0 Å². The standard InChI is InChI=1S/C16H28N4O2S/c1-4-18-9-11-19(12-10-18)16-8-7-14(13-15(16)17)23(21,22)20(5-2)6-3/h7-8,13H,4-6,9-12,17H2,1-3H3/p+1. The first-order valence-corrected chi connectivity index (χ1v) is 9.86. The van der Waals surface area contributed by atoms with Crippen LogP contribution < -0.4 is 15.5 Å². The van der Waals surface area contributed by atoms with Crippen LogP contribution in [-0.2, 0) is 10.0 Å². The zero-order chi connectivity index (χ0) is 17.0. The molecule has 2 rings (SSSR count). The number of nitrogens with one attached hydrogen (secondary N) is 1. The molecule has 0 atom stereocenters. The smallest absolute Gasteiger partial charge is 0.243 e. The highest BCUT2D eigenvalue weighted by atomic mass is 32.2. The quantitative estimate of drug-likeness (QED) is 0.716. The van der Waals surface area contributed by atoms with Crippen molar-refractivity contribution in [2.24, 2.45) is 0 Å². The monoisotopic (exact) mass is 341 g/mol. The summed E-state index contributed by atoms with van der Waals surface area (Å²) in [6.07, 6.45) is 0. The Morgan fingerprint density at radius 2 is 1.78 bits per heavy atom. The van der Waals surface area contributed by atoms with Crippen molar-refractivity contribution in [3.05, 3.63) is 18.2 Å². The average Bonchev–Trinajstić information content (AvgIpc) is 2.56. The normalized spacial score (nSPS) is 17.0. The number of likely N-dealkylation sites (N-methyl/N-ethyl adjacent to an activating group) is 1. The van der Waals surface area contributed by atoms with E-state index >= 15 is 0 Å². The van der Waals surface area contributed by atoms with Gasteiger partial charge in [-0.25, -0.2) is 8.42 Å². The molecule has 0 spiro atoms. The predicted octanol–water partition coefficient (Wildman–Crippen LogP) is 0.0241. The van der Waals surface area contributed by atoms with Gasteiger partial charge in [0.25, 0.3) is 0 Å². The van der Waals surface area contributed by atoms with Gasteiger partial charge in [-0.2, -0.15) is 4.31 Å². The SMILES string of the molecule is CCN(CC)S(=O)(=O)c1ccc(N2CC[NH+](CC)CC2)c(N)c1. The molecule has 0 aromatic heterocycles. The van der Waals surface area contributed by atoms with Gasteiger partial charge in [0.1, 0.15) is 0 Å². The maximum absolute atomic E-state index is 12.6. The van der Waals surface area contributed by atoms with Crippen LogP contribution in [0.5, 0.6) is 0 Å². The van der Waals surface area contributed by atoms with Crippen molar-refractivity contribution in [3.63, 3.8) is 0 Å². The number of nitrogen functional groups attached to an aromatic ring is 1. The number of nitrogens with two attached hydrogens (primary N) is 1. The zero-order valence-electron chi connectivity index (χ0n) is 14.4. The minimum Gasteiger partial charge on any atom is -0.397 e. The van der Waals surface area contributed by atoms with Gasteiger partial charge in [0, 0.05) is 13.1 Å². The summed E-state index contributed by atoms with van der Waals surface area (Å²) in [4.78, 5) is 4.13. The first-order chi connectivity index (χ1) is 10.9. The third-order valence-electron chi connectivity index (χ3n) is 4.65. The van der Waals surface area contributed by atoms with Gasteiger partial charge in [0.2, 0.25) is 10.0 Å². The number of hydrogen-bond donors (Lipinski definition) is 2. The zero-order valence-corrected chi connectivity index (χ0v) is 15.2. The van der Waals surface area contributed by atoms with Gasteiger partial charge < -0.3 is 15.5 Å². The van der Waals surface area contributed by atoms with Crippen molar-refractivity contribution in [2.75, 3.05) is 56.4 Å². The molecule has 1 aromatic carbocycles. The van der Waals surface area contributed by atoms with Crippen LogP contribution in [0.15, 0.2) is 23.1 Å². The Hall–Kier alpha value is -1.31. The van der Waals surface area contributed by atoms with Crippen LogP contribution >= 0.6 is 0 Å². The molecule has 1 fully saturated rings. The minimum atomic E-state index is -3.45. The molecule has 1 aliphatic heterocycles. The molecule has 6 nitrogen and oxygen atoms in total. The highest BCUT2D eigenvalue weighted by Crippen LogP contribution is 2.27. The van der Waals surface area contributed by atoms with Gasteiger partial charge in [0.15, 0.2) is 0 Å². The second-order valence-electron chi connectivity index (χ2n) is 5.90. The molecule has 130 valence electrons.